The minimum Gasteiger partial charge on any atom is -0.481 e. The molecule has 8 N–H and O–H groups in total. The predicted molar refractivity (Wildman–Crippen MR) is 104 cm³/mol. The van der Waals surface area contributed by atoms with Crippen LogP contribution in [0.25, 0.3) is 0 Å². The lowest BCUT2D eigenvalue weighted by atomic mass is 10.1. The zero-order chi connectivity index (χ0) is 22.6. The molecule has 0 aliphatic rings. The molecule has 0 aliphatic heterocycles. The lowest BCUT2D eigenvalue weighted by Gasteiger charge is -2.22. The Morgan fingerprint density at radius 1 is 1.03 bits per heavy atom. The maximum absolute atomic E-state index is 12.3. The van der Waals surface area contributed by atoms with Gasteiger partial charge in [-0.1, -0.05) is 0 Å². The van der Waals surface area contributed by atoms with Crippen molar-refractivity contribution < 1.29 is 39.3 Å². The molecule has 0 fully saturated rings. The van der Waals surface area contributed by atoms with Crippen molar-refractivity contribution in [2.45, 2.75) is 50.4 Å². The molecule has 166 valence electrons. The van der Waals surface area contributed by atoms with E-state index in [-0.39, 0.29) is 19.3 Å². The summed E-state index contributed by atoms with van der Waals surface area (Å²) < 4.78 is 0. The Balaban J connectivity index is 4.77. The average molecular weight is 436 g/mol. The van der Waals surface area contributed by atoms with E-state index in [1.165, 1.54) is 18.7 Å². The molecule has 0 spiro atoms. The molecule has 0 bridgehead atoms. The first-order valence-electron chi connectivity index (χ1n) is 8.74. The van der Waals surface area contributed by atoms with Crippen LogP contribution in [-0.4, -0.2) is 87.8 Å². The molecular formula is C16H28N4O8S. The Hall–Kier alpha value is -2.38. The van der Waals surface area contributed by atoms with Gasteiger partial charge in [-0.15, -0.1) is 0 Å². The van der Waals surface area contributed by atoms with Gasteiger partial charge in [-0.3, -0.25) is 19.2 Å². The van der Waals surface area contributed by atoms with Crippen LogP contribution in [0.2, 0.25) is 0 Å². The fourth-order valence-electron chi connectivity index (χ4n) is 2.10. The zero-order valence-corrected chi connectivity index (χ0v) is 17.0. The maximum Gasteiger partial charge on any atom is 0.328 e. The van der Waals surface area contributed by atoms with Crippen LogP contribution in [0.5, 0.6) is 0 Å². The van der Waals surface area contributed by atoms with Gasteiger partial charge in [0.05, 0.1) is 18.7 Å². The lowest BCUT2D eigenvalue weighted by Crippen LogP contribution is -2.56. The number of hydrogen-bond donors (Lipinski definition) is 7. The number of carboxylic acid groups (broad SMARTS) is 2. The Kier molecular flexibility index (Phi) is 12.6. The van der Waals surface area contributed by atoms with Crippen LogP contribution in [0.1, 0.15) is 26.2 Å². The second kappa shape index (κ2) is 13.7. The van der Waals surface area contributed by atoms with Crippen molar-refractivity contribution in [1.29, 1.82) is 0 Å². The zero-order valence-electron chi connectivity index (χ0n) is 16.2. The molecular weight excluding hydrogens is 408 g/mol. The fraction of sp³-hybridized carbons (Fsp3) is 0.688. The molecule has 4 unspecified atom stereocenters. The standard InChI is InChI=1S/C16H28N4O8S/c1-8(21)13(16(27)28)20-15(26)10(5-6-29-2)19-11(22)7-18-14(25)9(17)3-4-12(23)24/h8-10,13,21H,3-7,17H2,1-2H3,(H,18,25)(H,19,22)(H,20,26)(H,23,24)(H,27,28). The van der Waals surface area contributed by atoms with Crippen molar-refractivity contribution >= 4 is 41.4 Å². The molecule has 0 heterocycles. The number of nitrogens with one attached hydrogen (secondary N) is 3. The number of aliphatic hydroxyl groups excluding tert-OH is 1. The number of amides is 3. The molecule has 0 aromatic carbocycles. The summed E-state index contributed by atoms with van der Waals surface area (Å²) in [5.74, 6) is -4.26. The van der Waals surface area contributed by atoms with Crippen LogP contribution in [0, 0.1) is 0 Å². The van der Waals surface area contributed by atoms with E-state index in [0.717, 1.165) is 0 Å². The molecule has 12 nitrogen and oxygen atoms in total. The van der Waals surface area contributed by atoms with Crippen molar-refractivity contribution in [2.24, 2.45) is 5.73 Å². The van der Waals surface area contributed by atoms with Gasteiger partial charge in [0.1, 0.15) is 6.04 Å². The molecule has 0 aromatic rings. The van der Waals surface area contributed by atoms with E-state index in [2.05, 4.69) is 16.0 Å². The highest BCUT2D eigenvalue weighted by Crippen LogP contribution is 2.03. The third-order valence-electron chi connectivity index (χ3n) is 3.74. The molecule has 29 heavy (non-hydrogen) atoms. The smallest absolute Gasteiger partial charge is 0.328 e. The highest BCUT2D eigenvalue weighted by Gasteiger charge is 2.29. The van der Waals surface area contributed by atoms with E-state index >= 15 is 0 Å². The van der Waals surface area contributed by atoms with E-state index in [9.17, 15) is 29.1 Å². The number of carbonyl (C=O) groups excluding carboxylic acids is 3. The molecule has 0 aliphatic carbocycles. The quantitative estimate of drug-likeness (QED) is 0.152. The molecule has 13 heteroatoms. The monoisotopic (exact) mass is 436 g/mol. The van der Waals surface area contributed by atoms with Gasteiger partial charge in [0.15, 0.2) is 6.04 Å². The van der Waals surface area contributed by atoms with Crippen molar-refractivity contribution in [3.05, 3.63) is 0 Å². The topological polar surface area (TPSA) is 208 Å². The summed E-state index contributed by atoms with van der Waals surface area (Å²) in [4.78, 5) is 57.7. The highest BCUT2D eigenvalue weighted by atomic mass is 32.2. The van der Waals surface area contributed by atoms with Gasteiger partial charge in [-0.05, 0) is 31.8 Å². The van der Waals surface area contributed by atoms with Gasteiger partial charge in [-0.2, -0.15) is 11.8 Å². The first kappa shape index (κ1) is 26.6. The number of aliphatic hydroxyl groups is 1. The van der Waals surface area contributed by atoms with Gasteiger partial charge in [-0.25, -0.2) is 4.79 Å². The minimum absolute atomic E-state index is 0.0997. The molecule has 0 rings (SSSR count). The molecule has 3 amide bonds. The Labute approximate surface area is 172 Å². The molecule has 4 atom stereocenters. The largest absolute Gasteiger partial charge is 0.481 e. The number of rotatable bonds is 14. The number of thioether (sulfide) groups is 1. The van der Waals surface area contributed by atoms with Gasteiger partial charge < -0.3 is 37.0 Å². The van der Waals surface area contributed by atoms with E-state index in [1.807, 2.05) is 0 Å². The van der Waals surface area contributed by atoms with E-state index in [0.29, 0.717) is 5.75 Å². The Morgan fingerprint density at radius 2 is 1.66 bits per heavy atom. The fourth-order valence-corrected chi connectivity index (χ4v) is 2.57. The summed E-state index contributed by atoms with van der Waals surface area (Å²) in [7, 11) is 0. The maximum atomic E-state index is 12.3. The van der Waals surface area contributed by atoms with Crippen LogP contribution < -0.4 is 21.7 Å². The minimum atomic E-state index is -1.54. The number of nitrogens with two attached hydrogens (primary N) is 1. The number of aliphatic carboxylic acids is 2. The number of carbonyl (C=O) groups is 5. The Morgan fingerprint density at radius 3 is 2.14 bits per heavy atom. The van der Waals surface area contributed by atoms with Gasteiger partial charge in [0.25, 0.3) is 0 Å². The van der Waals surface area contributed by atoms with Crippen molar-refractivity contribution in [2.75, 3.05) is 18.6 Å². The second-order valence-corrected chi connectivity index (χ2v) is 7.21. The SMILES string of the molecule is CSCCC(NC(=O)CNC(=O)C(N)CCC(=O)O)C(=O)NC(C(=O)O)C(C)O. The summed E-state index contributed by atoms with van der Waals surface area (Å²) in [6, 6.07) is -3.71. The first-order chi connectivity index (χ1) is 13.5. The van der Waals surface area contributed by atoms with Gasteiger partial charge in [0.2, 0.25) is 17.7 Å². The number of carboxylic acids is 2. The molecule has 0 radical (unpaired) electrons. The summed E-state index contributed by atoms with van der Waals surface area (Å²) >= 11 is 1.40. The van der Waals surface area contributed by atoms with Gasteiger partial charge in [0, 0.05) is 6.42 Å². The average Bonchev–Trinajstić information content (AvgIpc) is 2.64. The third-order valence-corrected chi connectivity index (χ3v) is 4.38. The van der Waals surface area contributed by atoms with E-state index in [1.54, 1.807) is 6.26 Å². The summed E-state index contributed by atoms with van der Waals surface area (Å²) in [5.41, 5.74) is 5.53. The Bertz CT molecular complexity index is 601. The summed E-state index contributed by atoms with van der Waals surface area (Å²) in [6.45, 7) is 0.707. The van der Waals surface area contributed by atoms with Crippen LogP contribution in [-0.2, 0) is 24.0 Å². The summed E-state index contributed by atoms with van der Waals surface area (Å²) in [6.07, 6.45) is 0.228. The number of hydrogen-bond acceptors (Lipinski definition) is 8. The van der Waals surface area contributed by atoms with Crippen LogP contribution >= 0.6 is 11.8 Å². The summed E-state index contributed by atoms with van der Waals surface area (Å²) in [5, 5.41) is 33.9. The third kappa shape index (κ3) is 11.3. The van der Waals surface area contributed by atoms with E-state index < -0.39 is 60.4 Å². The van der Waals surface area contributed by atoms with Crippen LogP contribution in [0.3, 0.4) is 0 Å². The molecule has 0 aromatic heterocycles. The predicted octanol–water partition coefficient (Wildman–Crippen LogP) is -2.52. The van der Waals surface area contributed by atoms with Crippen LogP contribution in [0.4, 0.5) is 0 Å². The normalized spacial score (nSPS) is 14.8. The van der Waals surface area contributed by atoms with Crippen molar-refractivity contribution in [1.82, 2.24) is 16.0 Å². The first-order valence-corrected chi connectivity index (χ1v) is 10.1. The van der Waals surface area contributed by atoms with Crippen molar-refractivity contribution in [3.63, 3.8) is 0 Å². The van der Waals surface area contributed by atoms with Crippen LogP contribution in [0.15, 0.2) is 0 Å². The van der Waals surface area contributed by atoms with Crippen molar-refractivity contribution in [3.8, 4) is 0 Å². The van der Waals surface area contributed by atoms with E-state index in [4.69, 9.17) is 15.9 Å². The van der Waals surface area contributed by atoms with Gasteiger partial charge >= 0.3 is 11.9 Å². The lowest BCUT2D eigenvalue weighted by molar-refractivity contribution is -0.145. The molecule has 0 saturated heterocycles. The second-order valence-electron chi connectivity index (χ2n) is 6.22. The highest BCUT2D eigenvalue weighted by molar-refractivity contribution is 7.98. The molecule has 0 saturated carbocycles.